The van der Waals surface area contributed by atoms with Crippen molar-refractivity contribution in [2.75, 3.05) is 0 Å². The van der Waals surface area contributed by atoms with Crippen molar-refractivity contribution < 1.29 is 9.21 Å². The second-order valence-electron chi connectivity index (χ2n) is 3.99. The lowest BCUT2D eigenvalue weighted by Crippen LogP contribution is -2.39. The topological polar surface area (TPSA) is 81.2 Å². The average molecular weight is 239 g/mol. The van der Waals surface area contributed by atoms with Gasteiger partial charge in [0.1, 0.15) is 5.76 Å². The molecular formula is C10H13N3O2S. The molecule has 1 aliphatic carbocycles. The third-order valence-electron chi connectivity index (χ3n) is 2.73. The Kier molecular flexibility index (Phi) is 2.67. The second-order valence-corrected chi connectivity index (χ2v) is 4.43. The number of amides is 1. The molecule has 1 amide bonds. The minimum Gasteiger partial charge on any atom is -0.444 e. The van der Waals surface area contributed by atoms with Gasteiger partial charge >= 0.3 is 0 Å². The van der Waals surface area contributed by atoms with Crippen molar-refractivity contribution >= 4 is 23.1 Å². The predicted octanol–water partition coefficient (Wildman–Crippen LogP) is 0.666. The zero-order chi connectivity index (χ0) is 11.8. The highest BCUT2D eigenvalue weighted by Crippen LogP contribution is 2.46. The average Bonchev–Trinajstić information content (AvgIpc) is 2.95. The van der Waals surface area contributed by atoms with E-state index in [1.807, 2.05) is 0 Å². The Hall–Kier alpha value is -1.43. The van der Waals surface area contributed by atoms with Crippen molar-refractivity contribution in [3.8, 4) is 0 Å². The van der Waals surface area contributed by atoms with Gasteiger partial charge < -0.3 is 15.5 Å². The summed E-state index contributed by atoms with van der Waals surface area (Å²) < 4.78 is 5.24. The third kappa shape index (κ3) is 1.92. The molecule has 1 aliphatic rings. The van der Waals surface area contributed by atoms with E-state index in [0.717, 1.165) is 18.6 Å². The fourth-order valence-electron chi connectivity index (χ4n) is 1.52. The van der Waals surface area contributed by atoms with Crippen LogP contribution in [0.15, 0.2) is 10.6 Å². The van der Waals surface area contributed by atoms with Gasteiger partial charge in [0.25, 0.3) is 0 Å². The first kappa shape index (κ1) is 11.1. The van der Waals surface area contributed by atoms with Crippen molar-refractivity contribution in [3.05, 3.63) is 17.8 Å². The number of aromatic nitrogens is 1. The van der Waals surface area contributed by atoms with Crippen LogP contribution in [-0.2, 0) is 11.3 Å². The van der Waals surface area contributed by atoms with Crippen molar-refractivity contribution in [1.82, 2.24) is 10.3 Å². The maximum Gasteiger partial charge on any atom is 0.233 e. The Balaban J connectivity index is 1.92. The zero-order valence-electron chi connectivity index (χ0n) is 8.95. The molecule has 0 spiro atoms. The van der Waals surface area contributed by atoms with E-state index in [0.29, 0.717) is 5.89 Å². The number of hydrogen-bond acceptors (Lipinski definition) is 4. The number of carbonyl (C=O) groups is 1. The molecule has 0 bridgehead atoms. The highest BCUT2D eigenvalue weighted by Gasteiger charge is 2.52. The Bertz CT molecular complexity index is 437. The van der Waals surface area contributed by atoms with Crippen LogP contribution in [0, 0.1) is 12.3 Å². The monoisotopic (exact) mass is 239 g/mol. The van der Waals surface area contributed by atoms with Gasteiger partial charge in [-0.1, -0.05) is 12.2 Å². The Labute approximate surface area is 98.4 Å². The summed E-state index contributed by atoms with van der Waals surface area (Å²) in [7, 11) is 0. The summed E-state index contributed by atoms with van der Waals surface area (Å²) in [6, 6.07) is 0. The summed E-state index contributed by atoms with van der Waals surface area (Å²) in [4.78, 5) is 16.1. The molecule has 6 heteroatoms. The highest BCUT2D eigenvalue weighted by molar-refractivity contribution is 7.80. The third-order valence-corrected chi connectivity index (χ3v) is 3.12. The molecule has 1 heterocycles. The molecule has 0 unspecified atom stereocenters. The molecule has 3 N–H and O–H groups in total. The summed E-state index contributed by atoms with van der Waals surface area (Å²) in [6.07, 6.45) is 3.08. The normalized spacial score (nSPS) is 16.8. The lowest BCUT2D eigenvalue weighted by atomic mass is 10.1. The van der Waals surface area contributed by atoms with Crippen LogP contribution in [0.3, 0.4) is 0 Å². The number of carbonyl (C=O) groups excluding carboxylic acids is 1. The number of rotatable bonds is 4. The maximum atomic E-state index is 11.8. The van der Waals surface area contributed by atoms with Gasteiger partial charge in [-0.25, -0.2) is 4.98 Å². The molecule has 5 nitrogen and oxygen atoms in total. The van der Waals surface area contributed by atoms with Gasteiger partial charge in [0.2, 0.25) is 11.8 Å². The van der Waals surface area contributed by atoms with E-state index in [2.05, 4.69) is 10.3 Å². The van der Waals surface area contributed by atoms with Crippen LogP contribution < -0.4 is 11.1 Å². The molecule has 1 fully saturated rings. The molecule has 1 saturated carbocycles. The first-order valence-electron chi connectivity index (χ1n) is 5.04. The minimum atomic E-state index is -0.614. The summed E-state index contributed by atoms with van der Waals surface area (Å²) in [5.41, 5.74) is 4.92. The first-order valence-corrected chi connectivity index (χ1v) is 5.45. The highest BCUT2D eigenvalue weighted by atomic mass is 32.1. The van der Waals surface area contributed by atoms with E-state index in [4.69, 9.17) is 22.4 Å². The number of oxazole rings is 1. The van der Waals surface area contributed by atoms with Gasteiger partial charge in [-0.2, -0.15) is 0 Å². The smallest absolute Gasteiger partial charge is 0.233 e. The van der Waals surface area contributed by atoms with E-state index in [9.17, 15) is 4.79 Å². The molecule has 0 atom stereocenters. The summed E-state index contributed by atoms with van der Waals surface area (Å²) in [5.74, 6) is 1.08. The van der Waals surface area contributed by atoms with Crippen molar-refractivity contribution in [2.45, 2.75) is 26.3 Å². The molecule has 1 aromatic rings. The Morgan fingerprint density at radius 2 is 2.44 bits per heavy atom. The van der Waals surface area contributed by atoms with E-state index in [-0.39, 0.29) is 17.4 Å². The number of aryl methyl sites for hydroxylation is 1. The van der Waals surface area contributed by atoms with Crippen LogP contribution in [0.2, 0.25) is 0 Å². The van der Waals surface area contributed by atoms with E-state index in [1.54, 1.807) is 13.1 Å². The number of nitrogens with one attached hydrogen (secondary N) is 1. The fourth-order valence-corrected chi connectivity index (χ4v) is 1.82. The molecule has 0 saturated heterocycles. The SMILES string of the molecule is Cc1cnc(CNC(=O)C2(C(N)=S)CC2)o1. The fraction of sp³-hybridized carbons (Fsp3) is 0.500. The zero-order valence-corrected chi connectivity index (χ0v) is 9.76. The Morgan fingerprint density at radius 1 is 1.75 bits per heavy atom. The van der Waals surface area contributed by atoms with E-state index >= 15 is 0 Å². The van der Waals surface area contributed by atoms with Gasteiger partial charge in [-0.15, -0.1) is 0 Å². The maximum absolute atomic E-state index is 11.8. The van der Waals surface area contributed by atoms with Gasteiger partial charge in [-0.05, 0) is 19.8 Å². The number of nitrogens with two attached hydrogens (primary N) is 1. The van der Waals surface area contributed by atoms with Gasteiger partial charge in [-0.3, -0.25) is 4.79 Å². The summed E-state index contributed by atoms with van der Waals surface area (Å²) in [5, 5.41) is 2.73. The molecule has 86 valence electrons. The van der Waals surface area contributed by atoms with Crippen molar-refractivity contribution in [3.63, 3.8) is 0 Å². The summed E-state index contributed by atoms with van der Waals surface area (Å²) in [6.45, 7) is 2.08. The van der Waals surface area contributed by atoms with Crippen LogP contribution in [0.4, 0.5) is 0 Å². The standard InChI is InChI=1S/C10H13N3O2S/c1-6-4-12-7(15-6)5-13-9(14)10(2-3-10)8(11)16/h4H,2-3,5H2,1H3,(H2,11,16)(H,13,14). The quantitative estimate of drug-likeness (QED) is 0.755. The molecule has 16 heavy (non-hydrogen) atoms. The Morgan fingerprint density at radius 3 is 2.88 bits per heavy atom. The minimum absolute atomic E-state index is 0.129. The number of hydrogen-bond donors (Lipinski definition) is 2. The molecule has 0 aliphatic heterocycles. The molecule has 2 rings (SSSR count). The molecule has 1 aromatic heterocycles. The molecule has 0 aromatic carbocycles. The van der Waals surface area contributed by atoms with E-state index < -0.39 is 5.41 Å². The lowest BCUT2D eigenvalue weighted by molar-refractivity contribution is -0.124. The number of nitrogens with zero attached hydrogens (tertiary/aromatic N) is 1. The number of thiocarbonyl (C=S) groups is 1. The van der Waals surface area contributed by atoms with Crippen LogP contribution in [-0.4, -0.2) is 15.9 Å². The van der Waals surface area contributed by atoms with Crippen molar-refractivity contribution in [2.24, 2.45) is 11.1 Å². The second kappa shape index (κ2) is 3.86. The van der Waals surface area contributed by atoms with E-state index in [1.165, 1.54) is 0 Å². The molecule has 0 radical (unpaired) electrons. The van der Waals surface area contributed by atoms with Crippen LogP contribution in [0.1, 0.15) is 24.5 Å². The predicted molar refractivity (Wildman–Crippen MR) is 61.5 cm³/mol. The van der Waals surface area contributed by atoms with Crippen LogP contribution in [0.25, 0.3) is 0 Å². The summed E-state index contributed by atoms with van der Waals surface area (Å²) >= 11 is 4.88. The first-order chi connectivity index (χ1) is 7.54. The van der Waals surface area contributed by atoms with Gasteiger partial charge in [0.15, 0.2) is 0 Å². The largest absolute Gasteiger partial charge is 0.444 e. The van der Waals surface area contributed by atoms with Crippen LogP contribution >= 0.6 is 12.2 Å². The van der Waals surface area contributed by atoms with Crippen LogP contribution in [0.5, 0.6) is 0 Å². The van der Waals surface area contributed by atoms with Gasteiger partial charge in [0.05, 0.1) is 23.1 Å². The van der Waals surface area contributed by atoms with Crippen molar-refractivity contribution in [1.29, 1.82) is 0 Å². The van der Waals surface area contributed by atoms with Gasteiger partial charge in [0, 0.05) is 0 Å². The lowest BCUT2D eigenvalue weighted by Gasteiger charge is -2.12. The molecular weight excluding hydrogens is 226 g/mol.